The Morgan fingerprint density at radius 2 is 1.97 bits per heavy atom. The third-order valence-electron chi connectivity index (χ3n) is 6.99. The molecule has 0 spiro atoms. The van der Waals surface area contributed by atoms with Crippen LogP contribution in [0.1, 0.15) is 77.7 Å². The number of piperidine rings is 1. The Kier molecular flexibility index (Phi) is 11.2. The van der Waals surface area contributed by atoms with Gasteiger partial charge in [-0.3, -0.25) is 15.1 Å². The van der Waals surface area contributed by atoms with Gasteiger partial charge in [0.1, 0.15) is 0 Å². The lowest BCUT2D eigenvalue weighted by molar-refractivity contribution is 0.0975. The maximum absolute atomic E-state index is 13.2. The number of rotatable bonds is 10. The van der Waals surface area contributed by atoms with Crippen molar-refractivity contribution in [3.8, 4) is 0 Å². The first-order valence-electron chi connectivity index (χ1n) is 13.3. The first kappa shape index (κ1) is 28.1. The Morgan fingerprint density at radius 3 is 2.69 bits per heavy atom. The first-order chi connectivity index (χ1) is 17.4. The highest BCUT2D eigenvalue weighted by Gasteiger charge is 2.17. The number of benzene rings is 2. The fourth-order valence-corrected chi connectivity index (χ4v) is 5.47. The zero-order chi connectivity index (χ0) is 25.9. The van der Waals surface area contributed by atoms with Crippen molar-refractivity contribution in [1.29, 1.82) is 0 Å². The summed E-state index contributed by atoms with van der Waals surface area (Å²) in [6.45, 7) is 9.06. The van der Waals surface area contributed by atoms with Crippen molar-refractivity contribution in [2.24, 2.45) is 16.6 Å². The number of hydrogen-bond donors (Lipinski definition) is 3. The Morgan fingerprint density at radius 1 is 1.19 bits per heavy atom. The third kappa shape index (κ3) is 8.04. The fourth-order valence-electron chi connectivity index (χ4n) is 4.95. The first-order valence-corrected chi connectivity index (χ1v) is 14.1. The van der Waals surface area contributed by atoms with E-state index < -0.39 is 0 Å². The van der Waals surface area contributed by atoms with Crippen molar-refractivity contribution in [2.45, 2.75) is 65.7 Å². The lowest BCUT2D eigenvalue weighted by atomic mass is 9.90. The summed E-state index contributed by atoms with van der Waals surface area (Å²) in [4.78, 5) is 17.7. The summed E-state index contributed by atoms with van der Waals surface area (Å²) in [5, 5.41) is 6.19. The van der Waals surface area contributed by atoms with Crippen LogP contribution in [-0.2, 0) is 19.3 Å². The summed E-state index contributed by atoms with van der Waals surface area (Å²) in [6, 6.07) is 10.3. The van der Waals surface area contributed by atoms with Crippen LogP contribution >= 0.6 is 15.9 Å². The SMILES string of the molecule is C/C=C\c1cc(Br)cc(CCc2c(C)cccc2C(=O)NC(N)=NCC2CCNCC2)c1CCCC. The number of nitrogens with zero attached hydrogens (tertiary/aromatic N) is 1. The molecule has 1 saturated heterocycles. The van der Waals surface area contributed by atoms with E-state index in [2.05, 4.69) is 82.7 Å². The van der Waals surface area contributed by atoms with Crippen molar-refractivity contribution >= 4 is 33.9 Å². The Hall–Kier alpha value is -2.44. The average molecular weight is 554 g/mol. The van der Waals surface area contributed by atoms with Gasteiger partial charge in [0.15, 0.2) is 5.96 Å². The number of allylic oxidation sites excluding steroid dienone is 1. The van der Waals surface area contributed by atoms with E-state index in [4.69, 9.17) is 5.73 Å². The van der Waals surface area contributed by atoms with Gasteiger partial charge in [0.05, 0.1) is 0 Å². The molecular weight excluding hydrogens is 512 g/mol. The van der Waals surface area contributed by atoms with E-state index in [1.54, 1.807) is 0 Å². The number of carbonyl (C=O) groups is 1. The number of nitrogens with one attached hydrogen (secondary N) is 2. The number of nitrogens with two attached hydrogens (primary N) is 1. The van der Waals surface area contributed by atoms with Gasteiger partial charge in [-0.15, -0.1) is 0 Å². The predicted molar refractivity (Wildman–Crippen MR) is 156 cm³/mol. The molecule has 0 bridgehead atoms. The summed E-state index contributed by atoms with van der Waals surface area (Å²) in [7, 11) is 0. The number of unbranched alkanes of at least 4 members (excludes halogenated alkanes) is 1. The average Bonchev–Trinajstić information content (AvgIpc) is 2.86. The molecule has 1 fully saturated rings. The second kappa shape index (κ2) is 14.3. The van der Waals surface area contributed by atoms with Crippen LogP contribution in [0.5, 0.6) is 0 Å². The molecule has 4 N–H and O–H groups in total. The standard InChI is InChI=1S/C30H41BrN4O/c1-4-6-10-27-23(8-5-2)18-25(31)19-24(27)12-13-26-21(3)9-7-11-28(26)29(36)35-30(32)34-20-22-14-16-33-17-15-22/h5,7-9,11,18-19,22,33H,4,6,10,12-17,20H2,1-3H3,(H3,32,34,35,36)/b8-5-. The Balaban J connectivity index is 1.77. The van der Waals surface area contributed by atoms with Gasteiger partial charge in [-0.1, -0.05) is 53.6 Å². The van der Waals surface area contributed by atoms with E-state index in [9.17, 15) is 4.79 Å². The van der Waals surface area contributed by atoms with Gasteiger partial charge in [-0.05, 0) is 117 Å². The van der Waals surface area contributed by atoms with Crippen molar-refractivity contribution in [1.82, 2.24) is 10.6 Å². The monoisotopic (exact) mass is 552 g/mol. The molecule has 1 aliphatic heterocycles. The topological polar surface area (TPSA) is 79.5 Å². The number of carbonyl (C=O) groups excluding carboxylic acids is 1. The molecule has 0 atom stereocenters. The number of hydrogen-bond acceptors (Lipinski definition) is 3. The molecule has 0 aromatic heterocycles. The Labute approximate surface area is 225 Å². The highest BCUT2D eigenvalue weighted by molar-refractivity contribution is 9.10. The quantitative estimate of drug-likeness (QED) is 0.251. The van der Waals surface area contributed by atoms with Gasteiger partial charge in [0, 0.05) is 16.6 Å². The Bertz CT molecular complexity index is 1090. The number of guanidine groups is 1. The highest BCUT2D eigenvalue weighted by atomic mass is 79.9. The summed E-state index contributed by atoms with van der Waals surface area (Å²) in [5.41, 5.74) is 13.0. The zero-order valence-corrected chi connectivity index (χ0v) is 23.6. The smallest absolute Gasteiger partial charge is 0.258 e. The van der Waals surface area contributed by atoms with Crippen LogP contribution in [0.4, 0.5) is 0 Å². The molecule has 0 saturated carbocycles. The minimum atomic E-state index is -0.185. The predicted octanol–water partition coefficient (Wildman–Crippen LogP) is 5.96. The lowest BCUT2D eigenvalue weighted by Gasteiger charge is -2.20. The largest absolute Gasteiger partial charge is 0.370 e. The van der Waals surface area contributed by atoms with E-state index in [-0.39, 0.29) is 11.9 Å². The van der Waals surface area contributed by atoms with Crippen LogP contribution in [0.15, 0.2) is 45.9 Å². The van der Waals surface area contributed by atoms with Crippen LogP contribution in [0.2, 0.25) is 0 Å². The third-order valence-corrected chi connectivity index (χ3v) is 7.45. The molecule has 0 aliphatic carbocycles. The van der Waals surface area contributed by atoms with Crippen molar-refractivity contribution in [3.63, 3.8) is 0 Å². The van der Waals surface area contributed by atoms with Gasteiger partial charge in [0.25, 0.3) is 5.91 Å². The molecule has 2 aromatic rings. The summed E-state index contributed by atoms with van der Waals surface area (Å²) in [6.07, 6.45) is 11.5. The van der Waals surface area contributed by atoms with Crippen molar-refractivity contribution in [3.05, 3.63) is 74.3 Å². The van der Waals surface area contributed by atoms with E-state index in [1.807, 2.05) is 12.1 Å². The normalized spacial score (nSPS) is 14.9. The van der Waals surface area contributed by atoms with Gasteiger partial charge in [-0.25, -0.2) is 0 Å². The summed E-state index contributed by atoms with van der Waals surface area (Å²) >= 11 is 3.71. The van der Waals surface area contributed by atoms with Crippen molar-refractivity contribution in [2.75, 3.05) is 19.6 Å². The summed E-state index contributed by atoms with van der Waals surface area (Å²) < 4.78 is 1.09. The van der Waals surface area contributed by atoms with Crippen LogP contribution in [0, 0.1) is 12.8 Å². The molecule has 3 rings (SSSR count). The molecule has 5 nitrogen and oxygen atoms in total. The molecule has 0 radical (unpaired) electrons. The summed E-state index contributed by atoms with van der Waals surface area (Å²) in [5.74, 6) is 0.543. The molecule has 6 heteroatoms. The minimum absolute atomic E-state index is 0.185. The number of amides is 1. The van der Waals surface area contributed by atoms with Gasteiger partial charge >= 0.3 is 0 Å². The van der Waals surface area contributed by atoms with Crippen LogP contribution in [-0.4, -0.2) is 31.5 Å². The maximum atomic E-state index is 13.2. The second-order valence-corrected chi connectivity index (χ2v) is 10.6. The van der Waals surface area contributed by atoms with Crippen LogP contribution in [0.3, 0.4) is 0 Å². The van der Waals surface area contributed by atoms with Crippen LogP contribution < -0.4 is 16.4 Å². The van der Waals surface area contributed by atoms with Crippen molar-refractivity contribution < 1.29 is 4.79 Å². The zero-order valence-electron chi connectivity index (χ0n) is 22.0. The van der Waals surface area contributed by atoms with E-state index >= 15 is 0 Å². The molecule has 0 unspecified atom stereocenters. The number of aryl methyl sites for hydroxylation is 2. The molecule has 36 heavy (non-hydrogen) atoms. The van der Waals surface area contributed by atoms with Gasteiger partial charge < -0.3 is 11.1 Å². The maximum Gasteiger partial charge on any atom is 0.258 e. The van der Waals surface area contributed by atoms with Crippen LogP contribution in [0.25, 0.3) is 6.08 Å². The van der Waals surface area contributed by atoms with E-state index in [0.29, 0.717) is 18.0 Å². The highest BCUT2D eigenvalue weighted by Crippen LogP contribution is 2.27. The van der Waals surface area contributed by atoms with E-state index in [1.165, 1.54) is 16.7 Å². The molecule has 194 valence electrons. The fraction of sp³-hybridized carbons (Fsp3) is 0.467. The molecule has 1 heterocycles. The molecule has 2 aromatic carbocycles. The lowest BCUT2D eigenvalue weighted by Crippen LogP contribution is -2.38. The molecular formula is C30H41BrN4O. The minimum Gasteiger partial charge on any atom is -0.370 e. The molecule has 1 amide bonds. The number of aliphatic imine (C=N–C) groups is 1. The van der Waals surface area contributed by atoms with Gasteiger partial charge in [0.2, 0.25) is 0 Å². The molecule has 1 aliphatic rings. The number of halogens is 1. The second-order valence-electron chi connectivity index (χ2n) is 9.71. The van der Waals surface area contributed by atoms with E-state index in [0.717, 1.165) is 73.6 Å². The van der Waals surface area contributed by atoms with Gasteiger partial charge in [-0.2, -0.15) is 0 Å².